The van der Waals surface area contributed by atoms with Crippen molar-refractivity contribution in [1.29, 1.82) is 0 Å². The normalized spacial score (nSPS) is 10.3. The predicted molar refractivity (Wildman–Crippen MR) is 74.1 cm³/mol. The van der Waals surface area contributed by atoms with Crippen molar-refractivity contribution in [2.75, 3.05) is 11.9 Å². The van der Waals surface area contributed by atoms with E-state index in [1.807, 2.05) is 0 Å². The molecule has 0 aromatic heterocycles. The van der Waals surface area contributed by atoms with E-state index in [1.54, 1.807) is 0 Å². The summed E-state index contributed by atoms with van der Waals surface area (Å²) in [5.41, 5.74) is 5.23. The molecule has 20 heavy (non-hydrogen) atoms. The second-order valence-electron chi connectivity index (χ2n) is 4.50. The molecular weight excluding hydrogens is 263 g/mol. The highest BCUT2D eigenvalue weighted by atomic mass is 19.1. The summed E-state index contributed by atoms with van der Waals surface area (Å²) in [4.78, 5) is 22.6. The molecule has 0 saturated heterocycles. The van der Waals surface area contributed by atoms with Crippen LogP contribution in [0.3, 0.4) is 0 Å². The van der Waals surface area contributed by atoms with Gasteiger partial charge in [-0.3, -0.25) is 4.79 Å². The summed E-state index contributed by atoms with van der Waals surface area (Å²) < 4.78 is 13.1. The summed E-state index contributed by atoms with van der Waals surface area (Å²) in [5, 5.41) is 11.4. The number of benzene rings is 1. The molecule has 110 valence electrons. The van der Waals surface area contributed by atoms with Crippen LogP contribution in [0, 0.1) is 5.82 Å². The van der Waals surface area contributed by atoms with E-state index in [-0.39, 0.29) is 23.6 Å². The number of carbonyl (C=O) groups excluding carboxylic acids is 1. The number of unbranched alkanes of at least 4 members (excludes halogenated alkanes) is 3. The molecule has 1 amide bonds. The number of hydrogen-bond acceptors (Lipinski definition) is 3. The highest BCUT2D eigenvalue weighted by Gasteiger charge is 2.13. The third-order valence-corrected chi connectivity index (χ3v) is 2.84. The Hall–Kier alpha value is -1.95. The van der Waals surface area contributed by atoms with E-state index in [9.17, 15) is 14.0 Å². The number of rotatable bonds is 8. The first kappa shape index (κ1) is 16.1. The second kappa shape index (κ2) is 8.27. The van der Waals surface area contributed by atoms with E-state index in [0.717, 1.165) is 37.5 Å². The van der Waals surface area contributed by atoms with Crippen LogP contribution in [0.25, 0.3) is 0 Å². The first-order valence-corrected chi connectivity index (χ1v) is 6.57. The first-order chi connectivity index (χ1) is 9.54. The molecule has 4 N–H and O–H groups in total. The van der Waals surface area contributed by atoms with Crippen LogP contribution in [0.2, 0.25) is 0 Å². The molecule has 6 heteroatoms. The fraction of sp³-hybridized carbons (Fsp3) is 0.429. The molecule has 5 nitrogen and oxygen atoms in total. The lowest BCUT2D eigenvalue weighted by molar-refractivity contribution is -0.116. The molecule has 0 aliphatic heterocycles. The largest absolute Gasteiger partial charge is 0.478 e. The van der Waals surface area contributed by atoms with Crippen LogP contribution in [0.1, 0.15) is 42.5 Å². The van der Waals surface area contributed by atoms with Gasteiger partial charge in [-0.05, 0) is 37.6 Å². The van der Waals surface area contributed by atoms with Crippen molar-refractivity contribution < 1.29 is 19.1 Å². The number of nitrogens with two attached hydrogens (primary N) is 1. The van der Waals surface area contributed by atoms with Gasteiger partial charge in [0.1, 0.15) is 5.82 Å². The van der Waals surface area contributed by atoms with Crippen molar-refractivity contribution in [3.63, 3.8) is 0 Å². The highest BCUT2D eigenvalue weighted by molar-refractivity contribution is 6.00. The van der Waals surface area contributed by atoms with E-state index in [1.165, 1.54) is 0 Å². The van der Waals surface area contributed by atoms with Crippen molar-refractivity contribution in [2.24, 2.45) is 5.73 Å². The van der Waals surface area contributed by atoms with Crippen LogP contribution in [-0.2, 0) is 4.79 Å². The predicted octanol–water partition coefficient (Wildman–Crippen LogP) is 2.37. The summed E-state index contributed by atoms with van der Waals surface area (Å²) in [6, 6.07) is 3.19. The molecule has 0 aliphatic carbocycles. The molecular formula is C14H19FN2O3. The summed E-state index contributed by atoms with van der Waals surface area (Å²) in [6.45, 7) is 0.636. The molecule has 0 unspecified atom stereocenters. The zero-order chi connectivity index (χ0) is 15.0. The SMILES string of the molecule is NCCCCCCC(=O)Nc1cc(F)ccc1C(=O)O. The van der Waals surface area contributed by atoms with Crippen LogP contribution >= 0.6 is 0 Å². The molecule has 0 saturated carbocycles. The maximum Gasteiger partial charge on any atom is 0.337 e. The van der Waals surface area contributed by atoms with Gasteiger partial charge in [0.2, 0.25) is 5.91 Å². The van der Waals surface area contributed by atoms with Crippen LogP contribution in [0.4, 0.5) is 10.1 Å². The molecule has 0 fully saturated rings. The van der Waals surface area contributed by atoms with E-state index >= 15 is 0 Å². The highest BCUT2D eigenvalue weighted by Crippen LogP contribution is 2.18. The molecule has 1 aromatic carbocycles. The van der Waals surface area contributed by atoms with Gasteiger partial charge in [-0.2, -0.15) is 0 Å². The van der Waals surface area contributed by atoms with Crippen molar-refractivity contribution in [1.82, 2.24) is 0 Å². The zero-order valence-corrected chi connectivity index (χ0v) is 11.2. The van der Waals surface area contributed by atoms with Crippen LogP contribution in [0.5, 0.6) is 0 Å². The van der Waals surface area contributed by atoms with E-state index < -0.39 is 11.8 Å². The van der Waals surface area contributed by atoms with E-state index in [0.29, 0.717) is 13.0 Å². The summed E-state index contributed by atoms with van der Waals surface area (Å²) in [5.74, 6) is -2.11. The Balaban J connectivity index is 2.53. The monoisotopic (exact) mass is 282 g/mol. The molecule has 0 heterocycles. The first-order valence-electron chi connectivity index (χ1n) is 6.57. The van der Waals surface area contributed by atoms with Gasteiger partial charge in [0.15, 0.2) is 0 Å². The number of nitrogens with one attached hydrogen (secondary N) is 1. The molecule has 1 rings (SSSR count). The number of carbonyl (C=O) groups is 2. The molecule has 0 radical (unpaired) electrons. The number of hydrogen-bond donors (Lipinski definition) is 3. The number of carboxylic acid groups (broad SMARTS) is 1. The molecule has 1 aromatic rings. The van der Waals surface area contributed by atoms with Gasteiger partial charge in [0.05, 0.1) is 11.3 Å². The van der Waals surface area contributed by atoms with Gasteiger partial charge in [-0.25, -0.2) is 9.18 Å². The fourth-order valence-corrected chi connectivity index (χ4v) is 1.80. The minimum atomic E-state index is -1.21. The third kappa shape index (κ3) is 5.36. The number of aromatic carboxylic acids is 1. The standard InChI is InChI=1S/C14H19FN2O3/c15-10-6-7-11(14(19)20)12(9-10)17-13(18)5-3-1-2-4-8-16/h6-7,9H,1-5,8,16H2,(H,17,18)(H,19,20). The Morgan fingerprint density at radius 2 is 1.90 bits per heavy atom. The minimum absolute atomic E-state index is 0.00976. The smallest absolute Gasteiger partial charge is 0.337 e. The molecule has 0 bridgehead atoms. The Morgan fingerprint density at radius 3 is 2.55 bits per heavy atom. The lowest BCUT2D eigenvalue weighted by Gasteiger charge is -2.08. The Kier molecular flexibility index (Phi) is 6.66. The maximum atomic E-state index is 13.1. The van der Waals surface area contributed by atoms with E-state index in [4.69, 9.17) is 10.8 Å². The van der Waals surface area contributed by atoms with Crippen LogP contribution < -0.4 is 11.1 Å². The number of anilines is 1. The van der Waals surface area contributed by atoms with Gasteiger partial charge in [0.25, 0.3) is 0 Å². The topological polar surface area (TPSA) is 92.4 Å². The van der Waals surface area contributed by atoms with Gasteiger partial charge >= 0.3 is 5.97 Å². The van der Waals surface area contributed by atoms with Crippen LogP contribution in [-0.4, -0.2) is 23.5 Å². The molecule has 0 spiro atoms. The average Bonchev–Trinajstić information content (AvgIpc) is 2.38. The molecule has 0 aliphatic rings. The molecule has 0 atom stereocenters. The van der Waals surface area contributed by atoms with E-state index in [2.05, 4.69) is 5.32 Å². The third-order valence-electron chi connectivity index (χ3n) is 2.84. The lowest BCUT2D eigenvalue weighted by atomic mass is 10.1. The lowest BCUT2D eigenvalue weighted by Crippen LogP contribution is -2.14. The second-order valence-corrected chi connectivity index (χ2v) is 4.50. The van der Waals surface area contributed by atoms with Gasteiger partial charge in [-0.1, -0.05) is 12.8 Å². The summed E-state index contributed by atoms with van der Waals surface area (Å²) >= 11 is 0. The van der Waals surface area contributed by atoms with Crippen molar-refractivity contribution in [3.05, 3.63) is 29.6 Å². The summed E-state index contributed by atoms with van der Waals surface area (Å²) in [6.07, 6.45) is 3.75. The van der Waals surface area contributed by atoms with Gasteiger partial charge < -0.3 is 16.2 Å². The maximum absolute atomic E-state index is 13.1. The quantitative estimate of drug-likeness (QED) is 0.638. The summed E-state index contributed by atoms with van der Waals surface area (Å²) in [7, 11) is 0. The van der Waals surface area contributed by atoms with Gasteiger partial charge in [-0.15, -0.1) is 0 Å². The number of carboxylic acids is 1. The van der Waals surface area contributed by atoms with Crippen molar-refractivity contribution in [3.8, 4) is 0 Å². The minimum Gasteiger partial charge on any atom is -0.478 e. The fourth-order valence-electron chi connectivity index (χ4n) is 1.80. The Labute approximate surface area is 117 Å². The Morgan fingerprint density at radius 1 is 1.20 bits per heavy atom. The van der Waals surface area contributed by atoms with Crippen molar-refractivity contribution in [2.45, 2.75) is 32.1 Å². The number of halogens is 1. The zero-order valence-electron chi connectivity index (χ0n) is 11.2. The average molecular weight is 282 g/mol. The van der Waals surface area contributed by atoms with Gasteiger partial charge in [0, 0.05) is 6.42 Å². The Bertz CT molecular complexity index is 477. The van der Waals surface area contributed by atoms with Crippen LogP contribution in [0.15, 0.2) is 18.2 Å². The van der Waals surface area contributed by atoms with Crippen molar-refractivity contribution >= 4 is 17.6 Å². The number of amides is 1.